The second kappa shape index (κ2) is 9.94. The lowest BCUT2D eigenvalue weighted by atomic mass is 10.2. The number of anilines is 2. The molecule has 150 valence electrons. The van der Waals surface area contributed by atoms with E-state index in [1.54, 1.807) is 19.2 Å². The number of hydrogen-bond donors (Lipinski definition) is 2. The summed E-state index contributed by atoms with van der Waals surface area (Å²) in [4.78, 5) is 8.59. The van der Waals surface area contributed by atoms with Crippen molar-refractivity contribution in [3.63, 3.8) is 0 Å². The highest BCUT2D eigenvalue weighted by Crippen LogP contribution is 2.36. The number of hydrogen-bond acceptors (Lipinski definition) is 7. The van der Waals surface area contributed by atoms with Gasteiger partial charge in [-0.3, -0.25) is 0 Å². The van der Waals surface area contributed by atoms with Gasteiger partial charge in [0.15, 0.2) is 11.5 Å². The molecule has 0 aliphatic carbocycles. The number of methoxy groups -OCH3 is 1. The Morgan fingerprint density at radius 1 is 1.10 bits per heavy atom. The van der Waals surface area contributed by atoms with Gasteiger partial charge in [-0.05, 0) is 35.9 Å². The number of nitrogens with zero attached hydrogens (tertiary/aromatic N) is 2. The van der Waals surface area contributed by atoms with Crippen molar-refractivity contribution in [1.29, 1.82) is 0 Å². The van der Waals surface area contributed by atoms with Crippen LogP contribution in [-0.2, 0) is 4.74 Å². The molecule has 0 amide bonds. The summed E-state index contributed by atoms with van der Waals surface area (Å²) < 4.78 is 16.4. The third-order valence-corrected chi connectivity index (χ3v) is 4.09. The van der Waals surface area contributed by atoms with Crippen LogP contribution in [0.3, 0.4) is 0 Å². The lowest BCUT2D eigenvalue weighted by Crippen LogP contribution is -2.08. The fourth-order valence-corrected chi connectivity index (χ4v) is 2.82. The predicted octanol–water partition coefficient (Wildman–Crippen LogP) is 3.40. The summed E-state index contributed by atoms with van der Waals surface area (Å²) in [6.45, 7) is 0.741. The number of nitrogens with one attached hydrogen (secondary N) is 1. The van der Waals surface area contributed by atoms with Crippen LogP contribution < -0.4 is 14.8 Å². The van der Waals surface area contributed by atoms with Crippen LogP contribution in [0.1, 0.15) is 5.56 Å². The first-order valence-electron chi connectivity index (χ1n) is 8.85. The van der Waals surface area contributed by atoms with Crippen molar-refractivity contribution < 1.29 is 19.3 Å². The van der Waals surface area contributed by atoms with Crippen molar-refractivity contribution in [3.05, 3.63) is 47.2 Å². The minimum absolute atomic E-state index is 0.0780. The van der Waals surface area contributed by atoms with Crippen molar-refractivity contribution >= 4 is 34.0 Å². The van der Waals surface area contributed by atoms with Gasteiger partial charge in [0.1, 0.15) is 19.0 Å². The van der Waals surface area contributed by atoms with Gasteiger partial charge in [0.05, 0.1) is 18.7 Å². The van der Waals surface area contributed by atoms with Gasteiger partial charge in [0.25, 0.3) is 0 Å². The van der Waals surface area contributed by atoms with Crippen LogP contribution in [0.5, 0.6) is 11.5 Å². The molecule has 0 fully saturated rings. The first kappa shape index (κ1) is 20.7. The number of halogens is 1. The van der Waals surface area contributed by atoms with E-state index in [0.29, 0.717) is 41.4 Å². The first-order chi connectivity index (χ1) is 14.1. The average molecular weight is 414 g/mol. The van der Waals surface area contributed by atoms with Crippen molar-refractivity contribution in [3.8, 4) is 23.8 Å². The highest BCUT2D eigenvalue weighted by Gasteiger charge is 2.14. The molecule has 1 aromatic heterocycles. The molecule has 2 N–H and O–H groups in total. The molecule has 8 heteroatoms. The van der Waals surface area contributed by atoms with Crippen LogP contribution in [-0.4, -0.2) is 48.6 Å². The summed E-state index contributed by atoms with van der Waals surface area (Å²) in [5.41, 5.74) is 2.06. The maximum absolute atomic E-state index is 9.08. The molecule has 7 nitrogen and oxygen atoms in total. The van der Waals surface area contributed by atoms with Crippen LogP contribution in [0.4, 0.5) is 11.5 Å². The zero-order chi connectivity index (χ0) is 20.6. The van der Waals surface area contributed by atoms with Gasteiger partial charge in [-0.2, -0.15) is 4.98 Å². The van der Waals surface area contributed by atoms with E-state index in [1.807, 2.05) is 24.3 Å². The van der Waals surface area contributed by atoms with Crippen LogP contribution in [0.15, 0.2) is 36.4 Å². The van der Waals surface area contributed by atoms with E-state index in [0.717, 1.165) is 11.3 Å². The Morgan fingerprint density at radius 3 is 2.66 bits per heavy atom. The Labute approximate surface area is 173 Å². The minimum atomic E-state index is -0.127. The molecule has 0 aliphatic rings. The van der Waals surface area contributed by atoms with Crippen molar-refractivity contribution in [2.45, 2.75) is 0 Å². The summed E-state index contributed by atoms with van der Waals surface area (Å²) in [7, 11) is 1.59. The quantitative estimate of drug-likeness (QED) is 0.316. The molecule has 2 aromatic carbocycles. The van der Waals surface area contributed by atoms with E-state index in [2.05, 4.69) is 21.2 Å². The number of terminal acetylenes is 1. The fraction of sp³-hybridized carbons (Fsp3) is 0.238. The van der Waals surface area contributed by atoms with Crippen molar-refractivity contribution in [2.24, 2.45) is 0 Å². The summed E-state index contributed by atoms with van der Waals surface area (Å²) in [5, 5.41) is 13.1. The van der Waals surface area contributed by atoms with Crippen LogP contribution in [0.25, 0.3) is 10.9 Å². The second-order valence-electron chi connectivity index (χ2n) is 5.92. The van der Waals surface area contributed by atoms with Gasteiger partial charge < -0.3 is 24.6 Å². The summed E-state index contributed by atoms with van der Waals surface area (Å²) in [5.74, 6) is 4.02. The lowest BCUT2D eigenvalue weighted by molar-refractivity contribution is 0.141. The standard InChI is InChI=1S/C21H20ClN3O4/c1-3-14-5-4-6-15(11-14)23-20-16-12-18(29-10-9-27-2)19(28-8-7-26)13-17(16)24-21(22)25-20/h1,4-6,11-13,26H,7-10H2,2H3,(H,23,24,25). The second-order valence-corrected chi connectivity index (χ2v) is 6.26. The highest BCUT2D eigenvalue weighted by molar-refractivity contribution is 6.28. The van der Waals surface area contributed by atoms with Gasteiger partial charge >= 0.3 is 0 Å². The molecule has 0 saturated carbocycles. The van der Waals surface area contributed by atoms with Gasteiger partial charge in [-0.15, -0.1) is 6.42 Å². The van der Waals surface area contributed by atoms with E-state index in [-0.39, 0.29) is 18.5 Å². The smallest absolute Gasteiger partial charge is 0.224 e. The van der Waals surface area contributed by atoms with Crippen molar-refractivity contribution in [2.75, 3.05) is 38.9 Å². The third kappa shape index (κ3) is 5.27. The highest BCUT2D eigenvalue weighted by atomic mass is 35.5. The summed E-state index contributed by atoms with van der Waals surface area (Å²) in [6.07, 6.45) is 5.48. The molecule has 29 heavy (non-hydrogen) atoms. The van der Waals surface area contributed by atoms with Crippen LogP contribution >= 0.6 is 11.6 Å². The number of aliphatic hydroxyl groups is 1. The van der Waals surface area contributed by atoms with Gasteiger partial charge in [-0.1, -0.05) is 12.0 Å². The zero-order valence-electron chi connectivity index (χ0n) is 15.8. The molecule has 0 saturated heterocycles. The van der Waals surface area contributed by atoms with Crippen molar-refractivity contribution in [1.82, 2.24) is 9.97 Å². The van der Waals surface area contributed by atoms with E-state index in [1.165, 1.54) is 0 Å². The molecule has 0 unspecified atom stereocenters. The van der Waals surface area contributed by atoms with E-state index in [4.69, 9.17) is 37.3 Å². The molecular weight excluding hydrogens is 394 g/mol. The molecule has 3 aromatic rings. The average Bonchev–Trinajstić information content (AvgIpc) is 2.72. The lowest BCUT2D eigenvalue weighted by Gasteiger charge is -2.15. The minimum Gasteiger partial charge on any atom is -0.487 e. The maximum atomic E-state index is 9.08. The molecular formula is C21H20ClN3O4. The molecule has 0 radical (unpaired) electrons. The van der Waals surface area contributed by atoms with Crippen LogP contribution in [0, 0.1) is 12.3 Å². The Balaban J connectivity index is 2.04. The number of aliphatic hydroxyl groups excluding tert-OH is 1. The Morgan fingerprint density at radius 2 is 1.90 bits per heavy atom. The normalized spacial score (nSPS) is 10.6. The monoisotopic (exact) mass is 413 g/mol. The third-order valence-electron chi connectivity index (χ3n) is 3.92. The molecule has 0 bridgehead atoms. The number of ether oxygens (including phenoxy) is 3. The number of rotatable bonds is 9. The number of benzene rings is 2. The summed E-state index contributed by atoms with van der Waals surface area (Å²) in [6, 6.07) is 10.9. The fourth-order valence-electron chi connectivity index (χ4n) is 2.64. The Hall–Kier alpha value is -3.05. The van der Waals surface area contributed by atoms with Gasteiger partial charge in [0, 0.05) is 29.8 Å². The number of fused-ring (bicyclic) bond motifs is 1. The largest absolute Gasteiger partial charge is 0.487 e. The number of aromatic nitrogens is 2. The van der Waals surface area contributed by atoms with E-state index < -0.39 is 0 Å². The first-order valence-corrected chi connectivity index (χ1v) is 9.22. The Kier molecular flexibility index (Phi) is 7.09. The molecule has 3 rings (SSSR count). The maximum Gasteiger partial charge on any atom is 0.224 e. The molecule has 1 heterocycles. The topological polar surface area (TPSA) is 85.7 Å². The molecule has 0 atom stereocenters. The zero-order valence-corrected chi connectivity index (χ0v) is 16.6. The summed E-state index contributed by atoms with van der Waals surface area (Å²) >= 11 is 6.12. The van der Waals surface area contributed by atoms with Gasteiger partial charge in [0.2, 0.25) is 5.28 Å². The van der Waals surface area contributed by atoms with E-state index in [9.17, 15) is 0 Å². The molecule has 0 spiro atoms. The Bertz CT molecular complexity index is 1040. The van der Waals surface area contributed by atoms with E-state index >= 15 is 0 Å². The van der Waals surface area contributed by atoms with Gasteiger partial charge in [-0.25, -0.2) is 4.98 Å². The SMILES string of the molecule is C#Cc1cccc(Nc2nc(Cl)nc3cc(OCCO)c(OCCOC)cc23)c1. The van der Waals surface area contributed by atoms with Crippen LogP contribution in [0.2, 0.25) is 5.28 Å². The molecule has 0 aliphatic heterocycles. The predicted molar refractivity (Wildman–Crippen MR) is 112 cm³/mol.